The highest BCUT2D eigenvalue weighted by atomic mass is 16.5. The molecule has 3 rings (SSSR count). The minimum Gasteiger partial charge on any atom is -0.484 e. The van der Waals surface area contributed by atoms with Gasteiger partial charge in [-0.2, -0.15) is 0 Å². The van der Waals surface area contributed by atoms with Crippen LogP contribution >= 0.6 is 0 Å². The van der Waals surface area contributed by atoms with E-state index in [1.807, 2.05) is 87.5 Å². The molecule has 0 radical (unpaired) electrons. The molecule has 0 aromatic heterocycles. The normalized spacial score (nSPS) is 11.5. The van der Waals surface area contributed by atoms with Crippen molar-refractivity contribution in [2.24, 2.45) is 0 Å². The molecule has 0 bridgehead atoms. The van der Waals surface area contributed by atoms with Crippen molar-refractivity contribution in [2.75, 3.05) is 13.7 Å². The first kappa shape index (κ1) is 24.1. The fraction of sp³-hybridized carbons (Fsp3) is 0.286. The molecule has 0 unspecified atom stereocenters. The van der Waals surface area contributed by atoms with Crippen LogP contribution in [0.2, 0.25) is 0 Å². The predicted molar refractivity (Wildman–Crippen MR) is 131 cm³/mol. The zero-order valence-corrected chi connectivity index (χ0v) is 19.8. The molecule has 2 amide bonds. The summed E-state index contributed by atoms with van der Waals surface area (Å²) in [6, 6.07) is 22.9. The second-order valence-electron chi connectivity index (χ2n) is 8.44. The molecule has 0 fully saturated rings. The minimum atomic E-state index is -0.659. The molecule has 5 heteroatoms. The Labute approximate surface area is 196 Å². The highest BCUT2D eigenvalue weighted by Gasteiger charge is 2.30. The van der Waals surface area contributed by atoms with Crippen molar-refractivity contribution in [1.29, 1.82) is 0 Å². The van der Waals surface area contributed by atoms with E-state index in [9.17, 15) is 9.59 Å². The molecule has 3 aromatic carbocycles. The topological polar surface area (TPSA) is 58.6 Å². The summed E-state index contributed by atoms with van der Waals surface area (Å²) in [5.74, 6) is 0.211. The van der Waals surface area contributed by atoms with Gasteiger partial charge in [0.05, 0.1) is 0 Å². The van der Waals surface area contributed by atoms with E-state index >= 15 is 0 Å². The quantitative estimate of drug-likeness (QED) is 0.533. The molecule has 0 aliphatic carbocycles. The number of hydrogen-bond donors (Lipinski definition) is 1. The number of rotatable bonds is 9. The van der Waals surface area contributed by atoms with Gasteiger partial charge in [0.2, 0.25) is 5.91 Å². The van der Waals surface area contributed by atoms with Crippen LogP contribution in [0.1, 0.15) is 27.8 Å². The Morgan fingerprint density at radius 1 is 0.848 bits per heavy atom. The summed E-state index contributed by atoms with van der Waals surface area (Å²) in [6.07, 6.45) is 0.418. The van der Waals surface area contributed by atoms with Gasteiger partial charge in [-0.1, -0.05) is 66.2 Å². The number of carbonyl (C=O) groups is 2. The molecule has 1 atom stereocenters. The largest absolute Gasteiger partial charge is 0.484 e. The van der Waals surface area contributed by atoms with Crippen molar-refractivity contribution >= 4 is 11.8 Å². The van der Waals surface area contributed by atoms with Crippen LogP contribution in [0.5, 0.6) is 5.75 Å². The highest BCUT2D eigenvalue weighted by molar-refractivity contribution is 5.88. The zero-order chi connectivity index (χ0) is 23.8. The number of likely N-dealkylation sites (N-methyl/N-ethyl adjacent to an activating group) is 1. The molecule has 33 heavy (non-hydrogen) atoms. The van der Waals surface area contributed by atoms with E-state index in [2.05, 4.69) is 11.4 Å². The van der Waals surface area contributed by atoms with Gasteiger partial charge in [0.25, 0.3) is 5.91 Å². The van der Waals surface area contributed by atoms with Gasteiger partial charge in [-0.3, -0.25) is 9.59 Å². The third-order valence-electron chi connectivity index (χ3n) is 5.51. The lowest BCUT2D eigenvalue weighted by molar-refractivity contribution is -0.142. The highest BCUT2D eigenvalue weighted by Crippen LogP contribution is 2.19. The number of ether oxygens (including phenoxy) is 1. The van der Waals surface area contributed by atoms with Gasteiger partial charge in [0, 0.05) is 20.0 Å². The van der Waals surface area contributed by atoms with Crippen molar-refractivity contribution < 1.29 is 14.3 Å². The van der Waals surface area contributed by atoms with Crippen molar-refractivity contribution in [3.8, 4) is 5.75 Å². The van der Waals surface area contributed by atoms with E-state index in [0.717, 1.165) is 27.8 Å². The molecule has 1 N–H and O–H groups in total. The fourth-order valence-corrected chi connectivity index (χ4v) is 3.97. The number of carbonyl (C=O) groups excluding carboxylic acids is 2. The fourth-order valence-electron chi connectivity index (χ4n) is 3.97. The molecular formula is C28H32N2O3. The molecule has 0 aliphatic rings. The smallest absolute Gasteiger partial charge is 0.261 e. The average Bonchev–Trinajstić information content (AvgIpc) is 2.79. The predicted octanol–water partition coefficient (Wildman–Crippen LogP) is 4.38. The van der Waals surface area contributed by atoms with E-state index in [-0.39, 0.29) is 18.4 Å². The standard InChI is InChI=1S/C28H32N2O3/c1-20-9-8-12-24(14-20)18-30(26(28(32)29-4)17-23-10-6-5-7-11-23)27(31)19-33-25-15-21(2)13-22(3)16-25/h5-16,26H,17-19H2,1-4H3,(H,29,32)/t26-/m0/s1. The summed E-state index contributed by atoms with van der Waals surface area (Å²) in [6.45, 7) is 6.18. The van der Waals surface area contributed by atoms with Gasteiger partial charge in [-0.25, -0.2) is 0 Å². The summed E-state index contributed by atoms with van der Waals surface area (Å²) < 4.78 is 5.86. The Kier molecular flexibility index (Phi) is 8.25. The molecular weight excluding hydrogens is 412 g/mol. The molecule has 172 valence electrons. The van der Waals surface area contributed by atoms with E-state index in [0.29, 0.717) is 18.7 Å². The number of aryl methyl sites for hydroxylation is 3. The monoisotopic (exact) mass is 444 g/mol. The summed E-state index contributed by atoms with van der Waals surface area (Å²) in [7, 11) is 1.60. The first-order chi connectivity index (χ1) is 15.9. The SMILES string of the molecule is CNC(=O)[C@H](Cc1ccccc1)N(Cc1cccc(C)c1)C(=O)COc1cc(C)cc(C)c1. The van der Waals surface area contributed by atoms with Gasteiger partial charge in [0.15, 0.2) is 6.61 Å². The van der Waals surface area contributed by atoms with E-state index < -0.39 is 6.04 Å². The van der Waals surface area contributed by atoms with Crippen LogP contribution in [-0.4, -0.2) is 36.4 Å². The molecule has 0 spiro atoms. The van der Waals surface area contributed by atoms with Crippen LogP contribution in [0.4, 0.5) is 0 Å². The third-order valence-corrected chi connectivity index (χ3v) is 5.51. The van der Waals surface area contributed by atoms with Crippen molar-refractivity contribution in [2.45, 2.75) is 39.8 Å². The molecule has 0 saturated carbocycles. The maximum Gasteiger partial charge on any atom is 0.261 e. The number of benzene rings is 3. The first-order valence-electron chi connectivity index (χ1n) is 11.2. The maximum atomic E-state index is 13.4. The van der Waals surface area contributed by atoms with Crippen LogP contribution in [0.25, 0.3) is 0 Å². The minimum absolute atomic E-state index is 0.142. The number of nitrogens with zero attached hydrogens (tertiary/aromatic N) is 1. The van der Waals surface area contributed by atoms with Gasteiger partial charge in [-0.15, -0.1) is 0 Å². The van der Waals surface area contributed by atoms with Gasteiger partial charge < -0.3 is 15.0 Å². The van der Waals surface area contributed by atoms with Crippen molar-refractivity contribution in [3.63, 3.8) is 0 Å². The van der Waals surface area contributed by atoms with Crippen LogP contribution in [-0.2, 0) is 22.6 Å². The lowest BCUT2D eigenvalue weighted by Gasteiger charge is -2.31. The van der Waals surface area contributed by atoms with Crippen LogP contribution < -0.4 is 10.1 Å². The number of nitrogens with one attached hydrogen (secondary N) is 1. The van der Waals surface area contributed by atoms with E-state index in [1.165, 1.54) is 0 Å². The summed E-state index contributed by atoms with van der Waals surface area (Å²) in [5, 5.41) is 2.73. The van der Waals surface area contributed by atoms with Crippen LogP contribution in [0.15, 0.2) is 72.8 Å². The van der Waals surface area contributed by atoms with Gasteiger partial charge >= 0.3 is 0 Å². The van der Waals surface area contributed by atoms with Crippen LogP contribution in [0, 0.1) is 20.8 Å². The molecule has 3 aromatic rings. The first-order valence-corrected chi connectivity index (χ1v) is 11.2. The maximum absolute atomic E-state index is 13.4. The Morgan fingerprint density at radius 2 is 1.52 bits per heavy atom. The van der Waals surface area contributed by atoms with Crippen LogP contribution in [0.3, 0.4) is 0 Å². The lowest BCUT2D eigenvalue weighted by atomic mass is 10.0. The third kappa shape index (κ3) is 6.94. The zero-order valence-electron chi connectivity index (χ0n) is 19.8. The lowest BCUT2D eigenvalue weighted by Crippen LogP contribution is -2.51. The Morgan fingerprint density at radius 3 is 2.15 bits per heavy atom. The Balaban J connectivity index is 1.88. The summed E-state index contributed by atoms with van der Waals surface area (Å²) in [4.78, 5) is 28.0. The van der Waals surface area contributed by atoms with Gasteiger partial charge in [-0.05, 0) is 55.2 Å². The molecule has 5 nitrogen and oxygen atoms in total. The summed E-state index contributed by atoms with van der Waals surface area (Å²) >= 11 is 0. The molecule has 0 aliphatic heterocycles. The van der Waals surface area contributed by atoms with E-state index in [1.54, 1.807) is 11.9 Å². The second kappa shape index (κ2) is 11.3. The number of amides is 2. The second-order valence-corrected chi connectivity index (χ2v) is 8.44. The number of hydrogen-bond acceptors (Lipinski definition) is 3. The Bertz CT molecular complexity index is 1080. The van der Waals surface area contributed by atoms with Crippen molar-refractivity contribution in [3.05, 3.63) is 101 Å². The average molecular weight is 445 g/mol. The van der Waals surface area contributed by atoms with Crippen molar-refractivity contribution in [1.82, 2.24) is 10.2 Å². The van der Waals surface area contributed by atoms with E-state index in [4.69, 9.17) is 4.74 Å². The summed E-state index contributed by atoms with van der Waals surface area (Å²) in [5.41, 5.74) is 5.20. The Hall–Kier alpha value is -3.60. The molecule has 0 saturated heterocycles. The molecule has 0 heterocycles. The van der Waals surface area contributed by atoms with Gasteiger partial charge in [0.1, 0.15) is 11.8 Å².